The molecule has 0 bridgehead atoms. The maximum absolute atomic E-state index is 10.8. The third kappa shape index (κ3) is 3.36. The van der Waals surface area contributed by atoms with Gasteiger partial charge in [-0.1, -0.05) is 0 Å². The molecule has 0 radical (unpaired) electrons. The Hall–Kier alpha value is -2.99. The van der Waals surface area contributed by atoms with Crippen molar-refractivity contribution >= 4 is 29.2 Å². The van der Waals surface area contributed by atoms with E-state index in [2.05, 4.69) is 0 Å². The lowest BCUT2D eigenvalue weighted by Gasteiger charge is -2.09. The van der Waals surface area contributed by atoms with Gasteiger partial charge in [0.05, 0.1) is 11.2 Å². The van der Waals surface area contributed by atoms with E-state index in [1.807, 2.05) is 37.3 Å². The lowest BCUT2D eigenvalue weighted by molar-refractivity contribution is -0.119. The summed E-state index contributed by atoms with van der Waals surface area (Å²) in [5, 5.41) is 1.04. The highest BCUT2D eigenvalue weighted by Crippen LogP contribution is 2.37. The minimum atomic E-state index is -0.505. The first-order chi connectivity index (χ1) is 12.1. The molecule has 2 aromatic carbocycles. The van der Waals surface area contributed by atoms with Gasteiger partial charge in [-0.3, -0.25) is 4.79 Å². The van der Waals surface area contributed by atoms with E-state index in [4.69, 9.17) is 24.9 Å². The van der Waals surface area contributed by atoms with Crippen LogP contribution in [-0.4, -0.2) is 24.3 Å². The van der Waals surface area contributed by atoms with Gasteiger partial charge in [-0.15, -0.1) is 12.4 Å². The number of nitrogens with two attached hydrogens (primary N) is 1. The summed E-state index contributed by atoms with van der Waals surface area (Å²) in [6.45, 7) is 2.14. The maximum atomic E-state index is 10.8. The second-order valence-electron chi connectivity index (χ2n) is 5.83. The normalized spacial score (nSPS) is 11.9. The fourth-order valence-corrected chi connectivity index (χ4v) is 2.81. The van der Waals surface area contributed by atoms with Gasteiger partial charge in [-0.2, -0.15) is 0 Å². The van der Waals surface area contributed by atoms with E-state index < -0.39 is 5.91 Å². The van der Waals surface area contributed by atoms with Gasteiger partial charge >= 0.3 is 0 Å². The van der Waals surface area contributed by atoms with Crippen molar-refractivity contribution in [1.82, 2.24) is 4.98 Å². The zero-order valence-corrected chi connectivity index (χ0v) is 14.8. The molecular formula is C19H17ClN2O4. The average molecular weight is 373 g/mol. The highest BCUT2D eigenvalue weighted by atomic mass is 35.5. The van der Waals surface area contributed by atoms with Gasteiger partial charge in [0.25, 0.3) is 5.91 Å². The van der Waals surface area contributed by atoms with E-state index in [0.29, 0.717) is 11.5 Å². The Bertz CT molecular complexity index is 973. The SMILES string of the molecule is Cc1cc(-c2ccc(OCC(N)=O)cc2)nc2cc3c(cc12)OCO3.Cl. The molecule has 0 fully saturated rings. The van der Waals surface area contributed by atoms with E-state index in [-0.39, 0.29) is 25.8 Å². The molecule has 0 aliphatic carbocycles. The van der Waals surface area contributed by atoms with Crippen LogP contribution in [0.15, 0.2) is 42.5 Å². The van der Waals surface area contributed by atoms with Crippen LogP contribution in [0.2, 0.25) is 0 Å². The number of halogens is 1. The minimum absolute atomic E-state index is 0. The van der Waals surface area contributed by atoms with Gasteiger partial charge in [-0.25, -0.2) is 4.98 Å². The van der Waals surface area contributed by atoms with Crippen molar-refractivity contribution in [3.63, 3.8) is 0 Å². The van der Waals surface area contributed by atoms with E-state index in [0.717, 1.165) is 33.5 Å². The molecule has 0 saturated heterocycles. The molecule has 2 heterocycles. The Morgan fingerprint density at radius 2 is 1.85 bits per heavy atom. The summed E-state index contributed by atoms with van der Waals surface area (Å²) in [6, 6.07) is 13.3. The second-order valence-corrected chi connectivity index (χ2v) is 5.83. The lowest BCUT2D eigenvalue weighted by Crippen LogP contribution is -2.19. The van der Waals surface area contributed by atoms with Crippen LogP contribution in [0.5, 0.6) is 17.2 Å². The van der Waals surface area contributed by atoms with Crippen LogP contribution < -0.4 is 19.9 Å². The molecule has 6 nitrogen and oxygen atoms in total. The number of primary amides is 1. The van der Waals surface area contributed by atoms with Crippen molar-refractivity contribution in [2.45, 2.75) is 6.92 Å². The van der Waals surface area contributed by atoms with Gasteiger partial charge < -0.3 is 19.9 Å². The van der Waals surface area contributed by atoms with Crippen molar-refractivity contribution in [2.75, 3.05) is 13.4 Å². The van der Waals surface area contributed by atoms with Crippen LogP contribution in [0.25, 0.3) is 22.2 Å². The van der Waals surface area contributed by atoms with E-state index in [1.54, 1.807) is 12.1 Å². The molecular weight excluding hydrogens is 356 g/mol. The number of benzene rings is 2. The van der Waals surface area contributed by atoms with Gasteiger partial charge in [0.2, 0.25) is 6.79 Å². The number of carbonyl (C=O) groups excluding carboxylic acids is 1. The number of aromatic nitrogens is 1. The Balaban J connectivity index is 0.00000196. The van der Waals surface area contributed by atoms with Gasteiger partial charge in [0, 0.05) is 17.0 Å². The van der Waals surface area contributed by atoms with Gasteiger partial charge in [-0.05, 0) is 48.9 Å². The average Bonchev–Trinajstić information content (AvgIpc) is 3.06. The smallest absolute Gasteiger partial charge is 0.255 e. The predicted molar refractivity (Wildman–Crippen MR) is 100.0 cm³/mol. The van der Waals surface area contributed by atoms with E-state index >= 15 is 0 Å². The van der Waals surface area contributed by atoms with Crippen LogP contribution in [0.4, 0.5) is 0 Å². The van der Waals surface area contributed by atoms with Gasteiger partial charge in [0.1, 0.15) is 5.75 Å². The van der Waals surface area contributed by atoms with Crippen LogP contribution in [0.3, 0.4) is 0 Å². The number of nitrogens with zero attached hydrogens (tertiary/aromatic N) is 1. The highest BCUT2D eigenvalue weighted by Gasteiger charge is 2.16. The summed E-state index contributed by atoms with van der Waals surface area (Å²) in [7, 11) is 0. The minimum Gasteiger partial charge on any atom is -0.484 e. The first-order valence-corrected chi connectivity index (χ1v) is 7.83. The molecule has 1 aliphatic heterocycles. The third-order valence-corrected chi connectivity index (χ3v) is 4.04. The fraction of sp³-hybridized carbons (Fsp3) is 0.158. The number of ether oxygens (including phenoxy) is 3. The molecule has 3 aromatic rings. The Kier molecular flexibility index (Phi) is 4.86. The van der Waals surface area contributed by atoms with Crippen LogP contribution in [0, 0.1) is 6.92 Å². The molecule has 2 N–H and O–H groups in total. The molecule has 4 rings (SSSR count). The molecule has 7 heteroatoms. The number of pyridine rings is 1. The standard InChI is InChI=1S/C19H16N2O4.ClH/c1-11-6-15(12-2-4-13(5-3-12)23-9-19(20)22)21-16-8-18-17(7-14(11)16)24-10-25-18;/h2-8H,9-10H2,1H3,(H2,20,22);1H. The Morgan fingerprint density at radius 1 is 1.15 bits per heavy atom. The largest absolute Gasteiger partial charge is 0.484 e. The monoisotopic (exact) mass is 372 g/mol. The maximum Gasteiger partial charge on any atom is 0.255 e. The summed E-state index contributed by atoms with van der Waals surface area (Å²) in [6.07, 6.45) is 0. The number of rotatable bonds is 4. The summed E-state index contributed by atoms with van der Waals surface area (Å²) in [4.78, 5) is 15.5. The van der Waals surface area contributed by atoms with Crippen molar-refractivity contribution < 1.29 is 19.0 Å². The number of aryl methyl sites for hydroxylation is 1. The lowest BCUT2D eigenvalue weighted by atomic mass is 10.0. The number of amides is 1. The summed E-state index contributed by atoms with van der Waals surface area (Å²) >= 11 is 0. The van der Waals surface area contributed by atoms with Crippen molar-refractivity contribution in [3.05, 3.63) is 48.0 Å². The second kappa shape index (κ2) is 7.09. The Labute approximate surface area is 156 Å². The quantitative estimate of drug-likeness (QED) is 0.760. The van der Waals surface area contributed by atoms with Gasteiger partial charge in [0.15, 0.2) is 18.1 Å². The first-order valence-electron chi connectivity index (χ1n) is 7.83. The molecule has 26 heavy (non-hydrogen) atoms. The first kappa shape index (κ1) is 17.8. The van der Waals surface area contributed by atoms with Crippen LogP contribution in [-0.2, 0) is 4.79 Å². The van der Waals surface area contributed by atoms with Crippen molar-refractivity contribution in [1.29, 1.82) is 0 Å². The third-order valence-electron chi connectivity index (χ3n) is 4.04. The molecule has 134 valence electrons. The fourth-order valence-electron chi connectivity index (χ4n) is 2.81. The molecule has 0 unspecified atom stereocenters. The van der Waals surface area contributed by atoms with Crippen molar-refractivity contribution in [3.8, 4) is 28.5 Å². The molecule has 1 amide bonds. The van der Waals surface area contributed by atoms with E-state index in [1.165, 1.54) is 0 Å². The summed E-state index contributed by atoms with van der Waals surface area (Å²) in [5.74, 6) is 1.55. The highest BCUT2D eigenvalue weighted by molar-refractivity contribution is 5.88. The van der Waals surface area contributed by atoms with Crippen LogP contribution >= 0.6 is 12.4 Å². The van der Waals surface area contributed by atoms with Crippen molar-refractivity contribution in [2.24, 2.45) is 5.73 Å². The molecule has 1 aliphatic rings. The summed E-state index contributed by atoms with van der Waals surface area (Å²) in [5.41, 5.74) is 8.84. The number of carbonyl (C=O) groups is 1. The van der Waals surface area contributed by atoms with Crippen LogP contribution in [0.1, 0.15) is 5.56 Å². The molecule has 0 atom stereocenters. The predicted octanol–water partition coefficient (Wildman–Crippen LogP) is 3.22. The topological polar surface area (TPSA) is 83.7 Å². The van der Waals surface area contributed by atoms with E-state index in [9.17, 15) is 4.79 Å². The molecule has 0 saturated carbocycles. The number of hydrogen-bond acceptors (Lipinski definition) is 5. The molecule has 1 aromatic heterocycles. The summed E-state index contributed by atoms with van der Waals surface area (Å²) < 4.78 is 16.1. The molecule has 0 spiro atoms. The number of fused-ring (bicyclic) bond motifs is 2. The zero-order valence-electron chi connectivity index (χ0n) is 14.0. The zero-order chi connectivity index (χ0) is 17.4. The number of hydrogen-bond donors (Lipinski definition) is 1. The Morgan fingerprint density at radius 3 is 2.54 bits per heavy atom.